The predicted octanol–water partition coefficient (Wildman–Crippen LogP) is 3.30. The van der Waals surface area contributed by atoms with Crippen LogP contribution in [0.5, 0.6) is 0 Å². The third kappa shape index (κ3) is 4.70. The first-order chi connectivity index (χ1) is 9.75. The molecule has 0 aliphatic heterocycles. The van der Waals surface area contributed by atoms with Gasteiger partial charge in [-0.3, -0.25) is 4.79 Å². The Hall–Kier alpha value is -1.81. The second-order valence-corrected chi connectivity index (χ2v) is 5.61. The van der Waals surface area contributed by atoms with E-state index >= 15 is 0 Å². The Labute approximate surface area is 123 Å². The molecule has 20 heavy (non-hydrogen) atoms. The summed E-state index contributed by atoms with van der Waals surface area (Å²) in [4.78, 5) is 16.1. The van der Waals surface area contributed by atoms with Gasteiger partial charge in [-0.25, -0.2) is 4.98 Å². The normalized spacial score (nSPS) is 10.2. The quantitative estimate of drug-likeness (QED) is 0.654. The first-order valence-electron chi connectivity index (χ1n) is 6.64. The molecule has 1 amide bonds. The zero-order chi connectivity index (χ0) is 14.2. The molecule has 0 aliphatic carbocycles. The molecule has 3 nitrogen and oxygen atoms in total. The van der Waals surface area contributed by atoms with Gasteiger partial charge in [0.15, 0.2) is 0 Å². The van der Waals surface area contributed by atoms with Gasteiger partial charge in [0.1, 0.15) is 0 Å². The number of hydrogen-bond donors (Lipinski definition) is 1. The van der Waals surface area contributed by atoms with Crippen molar-refractivity contribution in [2.45, 2.75) is 18.4 Å². The molecule has 2 rings (SSSR count). The van der Waals surface area contributed by atoms with Crippen molar-refractivity contribution in [2.24, 2.45) is 0 Å². The highest BCUT2D eigenvalue weighted by Crippen LogP contribution is 2.14. The van der Waals surface area contributed by atoms with E-state index in [1.54, 1.807) is 18.0 Å². The molecule has 4 heteroatoms. The van der Waals surface area contributed by atoms with Crippen molar-refractivity contribution < 1.29 is 4.79 Å². The smallest absolute Gasteiger partial charge is 0.251 e. The van der Waals surface area contributed by atoms with Gasteiger partial charge in [-0.1, -0.05) is 23.8 Å². The van der Waals surface area contributed by atoms with E-state index in [1.165, 1.54) is 0 Å². The molecule has 104 valence electrons. The number of benzene rings is 1. The molecule has 0 spiro atoms. The molecule has 0 aliphatic rings. The van der Waals surface area contributed by atoms with Crippen molar-refractivity contribution in [3.05, 3.63) is 59.8 Å². The lowest BCUT2D eigenvalue weighted by Gasteiger charge is -2.05. The van der Waals surface area contributed by atoms with Gasteiger partial charge in [0, 0.05) is 24.1 Å². The second kappa shape index (κ2) is 7.70. The molecule has 1 aromatic heterocycles. The number of nitrogens with zero attached hydrogens (tertiary/aromatic N) is 1. The highest BCUT2D eigenvalue weighted by Gasteiger charge is 2.03. The molecule has 0 saturated heterocycles. The van der Waals surface area contributed by atoms with Crippen molar-refractivity contribution in [3.63, 3.8) is 0 Å². The maximum absolute atomic E-state index is 11.9. The van der Waals surface area contributed by atoms with Crippen molar-refractivity contribution in [1.82, 2.24) is 10.3 Å². The first kappa shape index (κ1) is 14.6. The van der Waals surface area contributed by atoms with Gasteiger partial charge in [0.2, 0.25) is 0 Å². The summed E-state index contributed by atoms with van der Waals surface area (Å²) >= 11 is 1.71. The van der Waals surface area contributed by atoms with Crippen LogP contribution in [0.3, 0.4) is 0 Å². The van der Waals surface area contributed by atoms with Gasteiger partial charge >= 0.3 is 0 Å². The highest BCUT2D eigenvalue weighted by atomic mass is 32.2. The van der Waals surface area contributed by atoms with Crippen LogP contribution >= 0.6 is 11.8 Å². The fraction of sp³-hybridized carbons (Fsp3) is 0.250. The number of pyridine rings is 1. The van der Waals surface area contributed by atoms with E-state index < -0.39 is 0 Å². The Kier molecular flexibility index (Phi) is 5.62. The minimum Gasteiger partial charge on any atom is -0.352 e. The summed E-state index contributed by atoms with van der Waals surface area (Å²) in [5, 5.41) is 3.96. The maximum atomic E-state index is 11.9. The number of carbonyl (C=O) groups excluding carboxylic acids is 1. The first-order valence-corrected chi connectivity index (χ1v) is 7.63. The zero-order valence-electron chi connectivity index (χ0n) is 11.5. The Morgan fingerprint density at radius 1 is 1.20 bits per heavy atom. The van der Waals surface area contributed by atoms with Crippen LogP contribution in [0.4, 0.5) is 0 Å². The Bertz CT molecular complexity index is 540. The highest BCUT2D eigenvalue weighted by molar-refractivity contribution is 7.99. The van der Waals surface area contributed by atoms with Crippen LogP contribution in [0.1, 0.15) is 22.3 Å². The molecule has 1 heterocycles. The number of nitrogens with one attached hydrogen (secondary N) is 1. The van der Waals surface area contributed by atoms with Crippen LogP contribution in [0.15, 0.2) is 53.7 Å². The lowest BCUT2D eigenvalue weighted by atomic mass is 10.1. The molecule has 0 unspecified atom stereocenters. The second-order valence-electron chi connectivity index (χ2n) is 4.49. The molecule has 2 aromatic rings. The van der Waals surface area contributed by atoms with Crippen molar-refractivity contribution in [3.8, 4) is 0 Å². The largest absolute Gasteiger partial charge is 0.352 e. The van der Waals surface area contributed by atoms with Crippen LogP contribution in [0.2, 0.25) is 0 Å². The Morgan fingerprint density at radius 2 is 2.00 bits per heavy atom. The standard InChI is InChI=1S/C16H18N2OS/c1-13-6-8-14(9-7-13)16(19)18-11-4-12-20-15-5-2-3-10-17-15/h2-3,5-10H,4,11-12H2,1H3,(H,18,19). The van der Waals surface area contributed by atoms with E-state index in [9.17, 15) is 4.79 Å². The van der Waals surface area contributed by atoms with E-state index in [0.29, 0.717) is 12.1 Å². The van der Waals surface area contributed by atoms with Gasteiger partial charge < -0.3 is 5.32 Å². The lowest BCUT2D eigenvalue weighted by Crippen LogP contribution is -2.24. The van der Waals surface area contributed by atoms with Crippen LogP contribution in [-0.2, 0) is 0 Å². The molecule has 0 bridgehead atoms. The summed E-state index contributed by atoms with van der Waals surface area (Å²) in [5.41, 5.74) is 1.88. The van der Waals surface area contributed by atoms with Gasteiger partial charge in [-0.05, 0) is 37.6 Å². The Balaban J connectivity index is 1.66. The summed E-state index contributed by atoms with van der Waals surface area (Å²) < 4.78 is 0. The fourth-order valence-electron chi connectivity index (χ4n) is 1.69. The third-order valence-corrected chi connectivity index (χ3v) is 3.84. The van der Waals surface area contributed by atoms with Crippen molar-refractivity contribution >= 4 is 17.7 Å². The van der Waals surface area contributed by atoms with Crippen LogP contribution in [0, 0.1) is 6.92 Å². The number of carbonyl (C=O) groups is 1. The summed E-state index contributed by atoms with van der Waals surface area (Å²) in [6.07, 6.45) is 2.72. The molecule has 0 fully saturated rings. The summed E-state index contributed by atoms with van der Waals surface area (Å²) in [6, 6.07) is 13.5. The van der Waals surface area contributed by atoms with E-state index in [-0.39, 0.29) is 5.91 Å². The van der Waals surface area contributed by atoms with E-state index in [0.717, 1.165) is 22.8 Å². The molecule has 1 N–H and O–H groups in total. The average Bonchev–Trinajstić information content (AvgIpc) is 2.48. The SMILES string of the molecule is Cc1ccc(C(=O)NCCCSc2ccccn2)cc1. The van der Waals surface area contributed by atoms with E-state index in [1.807, 2.05) is 49.4 Å². The number of hydrogen-bond acceptors (Lipinski definition) is 3. The van der Waals surface area contributed by atoms with Gasteiger partial charge in [0.25, 0.3) is 5.91 Å². The van der Waals surface area contributed by atoms with Crippen LogP contribution in [-0.4, -0.2) is 23.2 Å². The summed E-state index contributed by atoms with van der Waals surface area (Å²) in [5.74, 6) is 0.943. The molecule has 0 radical (unpaired) electrons. The number of aryl methyl sites for hydroxylation is 1. The zero-order valence-corrected chi connectivity index (χ0v) is 12.3. The third-order valence-electron chi connectivity index (χ3n) is 2.81. The molecule has 0 saturated carbocycles. The maximum Gasteiger partial charge on any atom is 0.251 e. The topological polar surface area (TPSA) is 42.0 Å². The molecular formula is C16H18N2OS. The lowest BCUT2D eigenvalue weighted by molar-refractivity contribution is 0.0954. The van der Waals surface area contributed by atoms with Gasteiger partial charge in [0.05, 0.1) is 5.03 Å². The summed E-state index contributed by atoms with van der Waals surface area (Å²) in [7, 11) is 0. The Morgan fingerprint density at radius 3 is 2.70 bits per heavy atom. The van der Waals surface area contributed by atoms with Gasteiger partial charge in [-0.15, -0.1) is 11.8 Å². The molecule has 1 aromatic carbocycles. The average molecular weight is 286 g/mol. The number of thioether (sulfide) groups is 1. The molecule has 0 atom stereocenters. The van der Waals surface area contributed by atoms with E-state index in [4.69, 9.17) is 0 Å². The number of aromatic nitrogens is 1. The number of amides is 1. The van der Waals surface area contributed by atoms with E-state index in [2.05, 4.69) is 10.3 Å². The summed E-state index contributed by atoms with van der Waals surface area (Å²) in [6.45, 7) is 2.70. The minimum absolute atomic E-state index is 0.00663. The molecular weight excluding hydrogens is 268 g/mol. The van der Waals surface area contributed by atoms with Crippen LogP contribution < -0.4 is 5.32 Å². The minimum atomic E-state index is -0.00663. The fourth-order valence-corrected chi connectivity index (χ4v) is 2.50. The van der Waals surface area contributed by atoms with Crippen molar-refractivity contribution in [1.29, 1.82) is 0 Å². The van der Waals surface area contributed by atoms with Crippen molar-refractivity contribution in [2.75, 3.05) is 12.3 Å². The monoisotopic (exact) mass is 286 g/mol. The predicted molar refractivity (Wildman–Crippen MR) is 83.1 cm³/mol. The van der Waals surface area contributed by atoms with Gasteiger partial charge in [-0.2, -0.15) is 0 Å². The number of rotatable bonds is 6. The van der Waals surface area contributed by atoms with Crippen LogP contribution in [0.25, 0.3) is 0 Å².